The highest BCUT2D eigenvalue weighted by Gasteiger charge is 1.93. The number of aromatic nitrogens is 2. The van der Waals surface area contributed by atoms with Gasteiger partial charge in [0.1, 0.15) is 0 Å². The first-order valence-electron chi connectivity index (χ1n) is 4.48. The van der Waals surface area contributed by atoms with Gasteiger partial charge in [-0.15, -0.1) is 10.2 Å². The number of hydrogen-bond acceptors (Lipinski definition) is 4. The predicted molar refractivity (Wildman–Crippen MR) is 56.0 cm³/mol. The van der Waals surface area contributed by atoms with E-state index in [0.29, 0.717) is 11.8 Å². The van der Waals surface area contributed by atoms with E-state index in [1.165, 1.54) is 0 Å². The number of aliphatic imine (C=N–C) groups is 1. The molecule has 1 aromatic rings. The van der Waals surface area contributed by atoms with Gasteiger partial charge in [0.25, 0.3) is 0 Å². The predicted octanol–water partition coefficient (Wildman–Crippen LogP) is 2.39. The van der Waals surface area contributed by atoms with Crippen LogP contribution in [-0.4, -0.2) is 16.4 Å². The Kier molecular flexibility index (Phi) is 4.34. The molecule has 1 rings (SSSR count). The van der Waals surface area contributed by atoms with Gasteiger partial charge < -0.3 is 4.42 Å². The van der Waals surface area contributed by atoms with Crippen molar-refractivity contribution in [3.63, 3.8) is 0 Å². The van der Waals surface area contributed by atoms with Gasteiger partial charge >= 0.3 is 0 Å². The molecule has 0 aliphatic carbocycles. The zero-order valence-corrected chi connectivity index (χ0v) is 8.34. The fraction of sp³-hybridized carbons (Fsp3) is 0.300. The van der Waals surface area contributed by atoms with Crippen molar-refractivity contribution in [2.45, 2.75) is 20.3 Å². The second-order valence-corrected chi connectivity index (χ2v) is 2.61. The van der Waals surface area contributed by atoms with E-state index in [1.54, 1.807) is 31.5 Å². The van der Waals surface area contributed by atoms with Crippen molar-refractivity contribution >= 4 is 12.3 Å². The van der Waals surface area contributed by atoms with Crippen molar-refractivity contribution in [2.24, 2.45) is 4.99 Å². The van der Waals surface area contributed by atoms with E-state index in [4.69, 9.17) is 4.42 Å². The summed E-state index contributed by atoms with van der Waals surface area (Å²) >= 11 is 0. The lowest BCUT2D eigenvalue weighted by molar-refractivity contribution is 0.509. The fourth-order valence-electron chi connectivity index (χ4n) is 0.770. The van der Waals surface area contributed by atoms with E-state index in [0.717, 1.165) is 6.42 Å². The minimum absolute atomic E-state index is 0.494. The molecule has 4 heteroatoms. The molecule has 0 aliphatic rings. The van der Waals surface area contributed by atoms with Crippen LogP contribution in [0, 0.1) is 6.92 Å². The Morgan fingerprint density at radius 2 is 2.29 bits per heavy atom. The molecule has 0 spiro atoms. The van der Waals surface area contributed by atoms with Gasteiger partial charge in [-0.05, 0) is 12.5 Å². The summed E-state index contributed by atoms with van der Waals surface area (Å²) in [5.74, 6) is 1.06. The maximum atomic E-state index is 5.12. The molecule has 0 radical (unpaired) electrons. The maximum Gasteiger partial charge on any atom is 0.240 e. The van der Waals surface area contributed by atoms with Crippen LogP contribution in [0.1, 0.15) is 25.1 Å². The van der Waals surface area contributed by atoms with Gasteiger partial charge in [-0.1, -0.05) is 13.0 Å². The third-order valence-corrected chi connectivity index (χ3v) is 1.38. The number of rotatable bonds is 4. The molecule has 14 heavy (non-hydrogen) atoms. The smallest absolute Gasteiger partial charge is 0.240 e. The Labute approximate surface area is 83.1 Å². The van der Waals surface area contributed by atoms with Gasteiger partial charge in [0, 0.05) is 25.4 Å². The molecule has 0 aromatic carbocycles. The average molecular weight is 191 g/mol. The first kappa shape index (κ1) is 10.4. The van der Waals surface area contributed by atoms with Crippen LogP contribution in [0.25, 0.3) is 6.08 Å². The van der Waals surface area contributed by atoms with Crippen molar-refractivity contribution in [1.82, 2.24) is 10.2 Å². The van der Waals surface area contributed by atoms with Crippen LogP contribution >= 0.6 is 0 Å². The average Bonchev–Trinajstić information content (AvgIpc) is 2.58. The minimum atomic E-state index is 0.494. The van der Waals surface area contributed by atoms with E-state index in [2.05, 4.69) is 22.1 Å². The Balaban J connectivity index is 2.41. The standard InChI is InChI=1S/C10H13N3O/c1-3-4-7-11-8-5-6-10-13-12-9(2)14-10/h4-8H,3H2,1-2H3/b6-5+,7-4-,11-8-. The van der Waals surface area contributed by atoms with Crippen LogP contribution in [-0.2, 0) is 0 Å². The molecule has 0 N–H and O–H groups in total. The number of hydrogen-bond donors (Lipinski definition) is 0. The third kappa shape index (κ3) is 3.80. The number of nitrogens with zero attached hydrogens (tertiary/aromatic N) is 3. The third-order valence-electron chi connectivity index (χ3n) is 1.38. The van der Waals surface area contributed by atoms with Crippen LogP contribution in [0.5, 0.6) is 0 Å². The lowest BCUT2D eigenvalue weighted by Crippen LogP contribution is -1.71. The Morgan fingerprint density at radius 3 is 2.93 bits per heavy atom. The molecule has 0 fully saturated rings. The normalized spacial score (nSPS) is 12.4. The van der Waals surface area contributed by atoms with E-state index >= 15 is 0 Å². The highest BCUT2D eigenvalue weighted by Crippen LogP contribution is 1.98. The molecule has 0 amide bonds. The van der Waals surface area contributed by atoms with Crippen LogP contribution in [0.15, 0.2) is 27.8 Å². The Bertz CT molecular complexity index is 350. The number of allylic oxidation sites excluding steroid dienone is 2. The molecule has 0 saturated carbocycles. The molecule has 1 heterocycles. The van der Waals surface area contributed by atoms with Crippen LogP contribution in [0.2, 0.25) is 0 Å². The molecule has 74 valence electrons. The fourth-order valence-corrected chi connectivity index (χ4v) is 0.770. The van der Waals surface area contributed by atoms with Crippen molar-refractivity contribution in [2.75, 3.05) is 0 Å². The SMILES string of the molecule is CC\C=C/N=C\C=C\c1nnc(C)o1. The molecular weight excluding hydrogens is 178 g/mol. The molecule has 0 atom stereocenters. The topological polar surface area (TPSA) is 51.3 Å². The van der Waals surface area contributed by atoms with Crippen LogP contribution in [0.3, 0.4) is 0 Å². The van der Waals surface area contributed by atoms with Crippen LogP contribution < -0.4 is 0 Å². The zero-order valence-electron chi connectivity index (χ0n) is 8.34. The summed E-state index contributed by atoms with van der Waals surface area (Å²) in [6.45, 7) is 3.81. The summed E-state index contributed by atoms with van der Waals surface area (Å²) < 4.78 is 5.12. The lowest BCUT2D eigenvalue weighted by Gasteiger charge is -1.77. The van der Waals surface area contributed by atoms with E-state index in [-0.39, 0.29) is 0 Å². The van der Waals surface area contributed by atoms with Crippen molar-refractivity contribution in [1.29, 1.82) is 0 Å². The highest BCUT2D eigenvalue weighted by atomic mass is 16.4. The van der Waals surface area contributed by atoms with Crippen molar-refractivity contribution < 1.29 is 4.42 Å². The molecular formula is C10H13N3O. The Morgan fingerprint density at radius 1 is 1.43 bits per heavy atom. The highest BCUT2D eigenvalue weighted by molar-refractivity contribution is 5.77. The van der Waals surface area contributed by atoms with Gasteiger partial charge in [0.2, 0.25) is 11.8 Å². The summed E-state index contributed by atoms with van der Waals surface area (Å²) in [5.41, 5.74) is 0. The summed E-state index contributed by atoms with van der Waals surface area (Å²) in [6, 6.07) is 0. The van der Waals surface area contributed by atoms with Gasteiger partial charge in [-0.25, -0.2) is 0 Å². The molecule has 0 unspecified atom stereocenters. The molecule has 4 nitrogen and oxygen atoms in total. The first-order valence-corrected chi connectivity index (χ1v) is 4.48. The van der Waals surface area contributed by atoms with E-state index in [1.807, 2.05) is 6.08 Å². The van der Waals surface area contributed by atoms with Crippen molar-refractivity contribution in [3.8, 4) is 0 Å². The molecule has 0 aliphatic heterocycles. The monoisotopic (exact) mass is 191 g/mol. The van der Waals surface area contributed by atoms with Gasteiger partial charge in [-0.3, -0.25) is 4.99 Å². The summed E-state index contributed by atoms with van der Waals surface area (Å²) in [6.07, 6.45) is 9.86. The second-order valence-electron chi connectivity index (χ2n) is 2.61. The lowest BCUT2D eigenvalue weighted by atomic mass is 10.5. The van der Waals surface area contributed by atoms with Crippen LogP contribution in [0.4, 0.5) is 0 Å². The van der Waals surface area contributed by atoms with Crippen molar-refractivity contribution in [3.05, 3.63) is 30.1 Å². The summed E-state index contributed by atoms with van der Waals surface area (Å²) in [7, 11) is 0. The Hall–Kier alpha value is -1.71. The van der Waals surface area contributed by atoms with Gasteiger partial charge in [0.15, 0.2) is 0 Å². The maximum absolute atomic E-state index is 5.12. The minimum Gasteiger partial charge on any atom is -0.422 e. The van der Waals surface area contributed by atoms with Gasteiger partial charge in [-0.2, -0.15) is 0 Å². The largest absolute Gasteiger partial charge is 0.422 e. The molecule has 1 aromatic heterocycles. The number of aryl methyl sites for hydroxylation is 1. The van der Waals surface area contributed by atoms with E-state index in [9.17, 15) is 0 Å². The molecule has 0 saturated heterocycles. The molecule has 0 bridgehead atoms. The summed E-state index contributed by atoms with van der Waals surface area (Å²) in [4.78, 5) is 4.00. The first-order chi connectivity index (χ1) is 6.83. The van der Waals surface area contributed by atoms with Gasteiger partial charge in [0.05, 0.1) is 0 Å². The van der Waals surface area contributed by atoms with E-state index < -0.39 is 0 Å². The summed E-state index contributed by atoms with van der Waals surface area (Å²) in [5, 5.41) is 7.49. The second kappa shape index (κ2) is 5.85. The quantitative estimate of drug-likeness (QED) is 0.686. The zero-order chi connectivity index (χ0) is 10.2.